The second kappa shape index (κ2) is 9.48. The Hall–Kier alpha value is -3.36. The number of piperazine rings is 1. The van der Waals surface area contributed by atoms with Crippen LogP contribution in [0.5, 0.6) is 0 Å². The van der Waals surface area contributed by atoms with Crippen LogP contribution in [-0.2, 0) is 0 Å². The summed E-state index contributed by atoms with van der Waals surface area (Å²) in [6, 6.07) is 16.3. The fourth-order valence-electron chi connectivity index (χ4n) is 4.06. The zero-order valence-corrected chi connectivity index (χ0v) is 20.4. The van der Waals surface area contributed by atoms with Crippen LogP contribution in [0.3, 0.4) is 0 Å². The lowest BCUT2D eigenvalue weighted by molar-refractivity contribution is 0.0547. The highest BCUT2D eigenvalue weighted by Crippen LogP contribution is 2.26. The Morgan fingerprint density at radius 1 is 0.912 bits per heavy atom. The summed E-state index contributed by atoms with van der Waals surface area (Å²) in [5.74, 6) is 1.18. The van der Waals surface area contributed by atoms with Crippen molar-refractivity contribution in [1.29, 1.82) is 0 Å². The lowest BCUT2D eigenvalue weighted by atomic mass is 10.1. The summed E-state index contributed by atoms with van der Waals surface area (Å²) >= 11 is 1.51. The van der Waals surface area contributed by atoms with Gasteiger partial charge in [-0.15, -0.1) is 11.3 Å². The van der Waals surface area contributed by atoms with Gasteiger partial charge in [-0.2, -0.15) is 4.98 Å². The van der Waals surface area contributed by atoms with E-state index in [4.69, 9.17) is 4.52 Å². The predicted molar refractivity (Wildman–Crippen MR) is 133 cm³/mol. The van der Waals surface area contributed by atoms with Gasteiger partial charge in [-0.3, -0.25) is 9.69 Å². The van der Waals surface area contributed by atoms with Crippen LogP contribution in [0.1, 0.15) is 40.5 Å². The molecule has 0 bridgehead atoms. The molecule has 1 aliphatic rings. The van der Waals surface area contributed by atoms with Gasteiger partial charge in [-0.25, -0.2) is 4.98 Å². The van der Waals surface area contributed by atoms with E-state index in [-0.39, 0.29) is 11.9 Å². The molecule has 0 spiro atoms. The van der Waals surface area contributed by atoms with E-state index in [9.17, 15) is 4.79 Å². The van der Waals surface area contributed by atoms with Gasteiger partial charge in [0.1, 0.15) is 10.7 Å². The summed E-state index contributed by atoms with van der Waals surface area (Å²) in [7, 11) is 0. The maximum atomic E-state index is 13.0. The molecule has 7 nitrogen and oxygen atoms in total. The molecule has 2 aromatic carbocycles. The van der Waals surface area contributed by atoms with Gasteiger partial charge in [0.2, 0.25) is 11.7 Å². The number of carbonyl (C=O) groups is 1. The summed E-state index contributed by atoms with van der Waals surface area (Å²) in [6.07, 6.45) is 0. The fraction of sp³-hybridized carbons (Fsp3) is 0.308. The molecule has 174 valence electrons. The van der Waals surface area contributed by atoms with Crippen LogP contribution in [0.2, 0.25) is 0 Å². The van der Waals surface area contributed by atoms with Crippen LogP contribution >= 0.6 is 11.3 Å². The number of aromatic nitrogens is 3. The van der Waals surface area contributed by atoms with Crippen molar-refractivity contribution < 1.29 is 9.32 Å². The molecule has 8 heteroatoms. The van der Waals surface area contributed by atoms with Crippen LogP contribution in [0, 0.1) is 13.8 Å². The van der Waals surface area contributed by atoms with Crippen molar-refractivity contribution in [3.05, 3.63) is 76.6 Å². The van der Waals surface area contributed by atoms with E-state index in [1.54, 1.807) is 0 Å². The van der Waals surface area contributed by atoms with Gasteiger partial charge in [0, 0.05) is 42.7 Å². The molecule has 0 radical (unpaired) electrons. The molecule has 34 heavy (non-hydrogen) atoms. The molecule has 1 amide bonds. The largest absolute Gasteiger partial charge is 0.337 e. The molecule has 1 fully saturated rings. The first kappa shape index (κ1) is 22.4. The molecule has 1 unspecified atom stereocenters. The van der Waals surface area contributed by atoms with Gasteiger partial charge in [-0.05, 0) is 20.8 Å². The third kappa shape index (κ3) is 4.64. The highest BCUT2D eigenvalue weighted by molar-refractivity contribution is 7.13. The Morgan fingerprint density at radius 3 is 2.18 bits per heavy atom. The number of hydrogen-bond donors (Lipinski definition) is 0. The Balaban J connectivity index is 1.20. The van der Waals surface area contributed by atoms with Gasteiger partial charge in [0.15, 0.2) is 0 Å². The fourth-order valence-corrected chi connectivity index (χ4v) is 4.86. The molecule has 1 atom stereocenters. The average molecular weight is 474 g/mol. The van der Waals surface area contributed by atoms with Gasteiger partial charge < -0.3 is 9.42 Å². The molecular formula is C26H27N5O2S. The van der Waals surface area contributed by atoms with E-state index in [1.807, 2.05) is 46.7 Å². The van der Waals surface area contributed by atoms with E-state index in [2.05, 4.69) is 52.9 Å². The topological polar surface area (TPSA) is 75.4 Å². The number of nitrogens with zero attached hydrogens (tertiary/aromatic N) is 5. The maximum Gasteiger partial charge on any atom is 0.273 e. The zero-order valence-electron chi connectivity index (χ0n) is 19.6. The van der Waals surface area contributed by atoms with E-state index in [0.717, 1.165) is 29.2 Å². The lowest BCUT2D eigenvalue weighted by Gasteiger charge is -2.36. The minimum atomic E-state index is -0.0173. The number of hydrogen-bond acceptors (Lipinski definition) is 7. The second-order valence-electron chi connectivity index (χ2n) is 8.73. The number of benzene rings is 2. The number of amides is 1. The van der Waals surface area contributed by atoms with Crippen LogP contribution in [-0.4, -0.2) is 57.0 Å². The van der Waals surface area contributed by atoms with Crippen LogP contribution in [0.15, 0.2) is 58.4 Å². The van der Waals surface area contributed by atoms with E-state index < -0.39 is 0 Å². The maximum absolute atomic E-state index is 13.0. The molecule has 0 N–H and O–H groups in total. The van der Waals surface area contributed by atoms with Crippen molar-refractivity contribution in [2.75, 3.05) is 26.2 Å². The van der Waals surface area contributed by atoms with Crippen molar-refractivity contribution in [3.8, 4) is 22.0 Å². The second-order valence-corrected chi connectivity index (χ2v) is 9.59. The summed E-state index contributed by atoms with van der Waals surface area (Å²) in [5.41, 5.74) is 4.89. The average Bonchev–Trinajstić information content (AvgIpc) is 3.55. The Kier molecular flexibility index (Phi) is 6.26. The number of thiazole rings is 1. The van der Waals surface area contributed by atoms with Crippen LogP contribution < -0.4 is 0 Å². The van der Waals surface area contributed by atoms with Gasteiger partial charge in [0.25, 0.3) is 5.91 Å². The predicted octanol–water partition coefficient (Wildman–Crippen LogP) is 5.00. The molecule has 1 aliphatic heterocycles. The number of aryl methyl sites for hydroxylation is 2. The van der Waals surface area contributed by atoms with Crippen molar-refractivity contribution >= 4 is 17.2 Å². The smallest absolute Gasteiger partial charge is 0.273 e. The molecule has 5 rings (SSSR count). The first-order valence-electron chi connectivity index (χ1n) is 11.4. The Bertz CT molecular complexity index is 1270. The van der Waals surface area contributed by atoms with Crippen LogP contribution in [0.4, 0.5) is 0 Å². The Labute approximate surface area is 203 Å². The summed E-state index contributed by atoms with van der Waals surface area (Å²) in [6.45, 7) is 8.93. The van der Waals surface area contributed by atoms with Crippen molar-refractivity contribution in [2.45, 2.75) is 26.8 Å². The quantitative estimate of drug-likeness (QED) is 0.406. The van der Waals surface area contributed by atoms with Gasteiger partial charge >= 0.3 is 0 Å². The third-order valence-corrected chi connectivity index (χ3v) is 7.17. The van der Waals surface area contributed by atoms with Crippen molar-refractivity contribution in [3.63, 3.8) is 0 Å². The lowest BCUT2D eigenvalue weighted by Crippen LogP contribution is -2.49. The summed E-state index contributed by atoms with van der Waals surface area (Å²) < 4.78 is 5.57. The zero-order chi connectivity index (χ0) is 23.7. The normalized spacial score (nSPS) is 15.4. The summed E-state index contributed by atoms with van der Waals surface area (Å²) in [4.78, 5) is 26.4. The Morgan fingerprint density at radius 2 is 1.53 bits per heavy atom. The minimum Gasteiger partial charge on any atom is -0.337 e. The van der Waals surface area contributed by atoms with Gasteiger partial charge in [-0.1, -0.05) is 64.8 Å². The molecular weight excluding hydrogens is 446 g/mol. The van der Waals surface area contributed by atoms with Gasteiger partial charge in [0.05, 0.1) is 6.04 Å². The monoisotopic (exact) mass is 473 g/mol. The van der Waals surface area contributed by atoms with E-state index >= 15 is 0 Å². The summed E-state index contributed by atoms with van der Waals surface area (Å²) in [5, 5.41) is 6.89. The standard InChI is InChI=1S/C26H27N5O2S/c1-17-4-8-20(9-5-17)23-28-24(33-29-23)19(3)30-12-14-31(15-13-30)26(32)22-16-34-25(27-22)21-10-6-18(2)7-11-21/h4-11,16,19H,12-15H2,1-3H3. The SMILES string of the molecule is Cc1ccc(-c2noc(C(C)N3CCN(C(=O)c4csc(-c5ccc(C)cc5)n4)CC3)n2)cc1. The molecule has 2 aromatic heterocycles. The minimum absolute atomic E-state index is 0.0126. The highest BCUT2D eigenvalue weighted by atomic mass is 32.1. The molecule has 3 heterocycles. The molecule has 0 saturated carbocycles. The third-order valence-electron chi connectivity index (χ3n) is 6.28. The molecule has 1 saturated heterocycles. The first-order valence-corrected chi connectivity index (χ1v) is 12.3. The van der Waals surface area contributed by atoms with E-state index in [0.29, 0.717) is 30.5 Å². The highest BCUT2D eigenvalue weighted by Gasteiger charge is 2.29. The first-order chi connectivity index (χ1) is 16.5. The van der Waals surface area contributed by atoms with Crippen molar-refractivity contribution in [2.24, 2.45) is 0 Å². The van der Waals surface area contributed by atoms with E-state index in [1.165, 1.54) is 22.5 Å². The van der Waals surface area contributed by atoms with Crippen LogP contribution in [0.25, 0.3) is 22.0 Å². The molecule has 0 aliphatic carbocycles. The van der Waals surface area contributed by atoms with Crippen molar-refractivity contribution in [1.82, 2.24) is 24.9 Å². The number of carbonyl (C=O) groups excluding carboxylic acids is 1. The molecule has 4 aromatic rings. The number of rotatable bonds is 5.